The Balaban J connectivity index is 2.38. The molecule has 0 aromatic carbocycles. The molecule has 0 unspecified atom stereocenters. The van der Waals surface area contributed by atoms with Gasteiger partial charge in [-0.1, -0.05) is 39.5 Å². The van der Waals surface area contributed by atoms with Crippen molar-refractivity contribution in [1.29, 1.82) is 0 Å². The van der Waals surface area contributed by atoms with Crippen molar-refractivity contribution in [2.75, 3.05) is 13.1 Å². The maximum Gasteiger partial charge on any atom is 0.282 e. The van der Waals surface area contributed by atoms with Crippen LogP contribution in [0.3, 0.4) is 0 Å². The van der Waals surface area contributed by atoms with Crippen molar-refractivity contribution in [3.8, 4) is 0 Å². The van der Waals surface area contributed by atoms with Crippen molar-refractivity contribution in [2.45, 2.75) is 45.3 Å². The van der Waals surface area contributed by atoms with Crippen LogP contribution in [-0.2, 0) is 0 Å². The van der Waals surface area contributed by atoms with Gasteiger partial charge in [0.05, 0.1) is 0 Å². The molecule has 3 heteroatoms. The lowest BCUT2D eigenvalue weighted by Gasteiger charge is -2.31. The molecule has 0 N–H and O–H groups in total. The Kier molecular flexibility index (Phi) is 3.87. The fraction of sp³-hybridized carbons (Fsp3) is 0.909. The van der Waals surface area contributed by atoms with E-state index in [0.717, 1.165) is 31.8 Å². The minimum Gasteiger partial charge on any atom is -0.334 e. The molecule has 0 saturated carbocycles. The minimum absolute atomic E-state index is 0.0418. The van der Waals surface area contributed by atoms with Crippen LogP contribution >= 0.6 is 11.8 Å². The van der Waals surface area contributed by atoms with E-state index in [1.807, 2.05) is 4.90 Å². The van der Waals surface area contributed by atoms with Crippen LogP contribution in [0.5, 0.6) is 0 Å². The molecule has 0 aliphatic carbocycles. The van der Waals surface area contributed by atoms with Gasteiger partial charge in [0.25, 0.3) is 5.24 Å². The Bertz CT molecular complexity index is 202. The summed E-state index contributed by atoms with van der Waals surface area (Å²) in [4.78, 5) is 13.8. The summed E-state index contributed by atoms with van der Waals surface area (Å²) in [6.07, 6.45) is 2.33. The van der Waals surface area contributed by atoms with Crippen molar-refractivity contribution in [3.05, 3.63) is 0 Å². The predicted molar refractivity (Wildman–Crippen MR) is 62.7 cm³/mol. The highest BCUT2D eigenvalue weighted by Gasteiger charge is 2.24. The van der Waals surface area contributed by atoms with Gasteiger partial charge in [-0.2, -0.15) is 0 Å². The molecule has 1 saturated heterocycles. The van der Waals surface area contributed by atoms with Crippen molar-refractivity contribution in [2.24, 2.45) is 5.92 Å². The summed E-state index contributed by atoms with van der Waals surface area (Å²) in [5.74, 6) is 0.790. The predicted octanol–water partition coefficient (Wildman–Crippen LogP) is 3.37. The first kappa shape index (κ1) is 11.9. The van der Waals surface area contributed by atoms with E-state index in [4.69, 9.17) is 0 Å². The van der Waals surface area contributed by atoms with E-state index in [2.05, 4.69) is 27.7 Å². The maximum absolute atomic E-state index is 11.8. The number of carbonyl (C=O) groups is 1. The Morgan fingerprint density at radius 3 is 2.21 bits per heavy atom. The number of piperidine rings is 1. The molecule has 0 bridgehead atoms. The highest BCUT2D eigenvalue weighted by Crippen LogP contribution is 2.28. The molecule has 1 aliphatic rings. The van der Waals surface area contributed by atoms with E-state index in [9.17, 15) is 4.79 Å². The van der Waals surface area contributed by atoms with Gasteiger partial charge in [-0.15, -0.1) is 0 Å². The number of amides is 1. The van der Waals surface area contributed by atoms with Gasteiger partial charge in [-0.25, -0.2) is 0 Å². The minimum atomic E-state index is 0.0418. The molecular weight excluding hydrogens is 194 g/mol. The monoisotopic (exact) mass is 215 g/mol. The van der Waals surface area contributed by atoms with E-state index >= 15 is 0 Å². The van der Waals surface area contributed by atoms with Crippen LogP contribution in [0.1, 0.15) is 40.5 Å². The van der Waals surface area contributed by atoms with Gasteiger partial charge in [-0.05, 0) is 18.8 Å². The summed E-state index contributed by atoms with van der Waals surface area (Å²) in [5.41, 5.74) is 0. The highest BCUT2D eigenvalue weighted by atomic mass is 32.2. The van der Waals surface area contributed by atoms with Crippen LogP contribution in [-0.4, -0.2) is 28.0 Å². The zero-order valence-corrected chi connectivity index (χ0v) is 10.5. The van der Waals surface area contributed by atoms with E-state index < -0.39 is 0 Å². The van der Waals surface area contributed by atoms with Gasteiger partial charge < -0.3 is 4.90 Å². The molecule has 1 heterocycles. The van der Waals surface area contributed by atoms with Crippen molar-refractivity contribution in [3.63, 3.8) is 0 Å². The Hall–Kier alpha value is -0.180. The second-order valence-electron chi connectivity index (χ2n) is 5.15. The Morgan fingerprint density at radius 2 is 1.79 bits per heavy atom. The Labute approximate surface area is 91.4 Å². The third-order valence-electron chi connectivity index (χ3n) is 2.44. The van der Waals surface area contributed by atoms with Gasteiger partial charge in [0, 0.05) is 17.8 Å². The van der Waals surface area contributed by atoms with E-state index in [1.165, 1.54) is 11.8 Å². The third kappa shape index (κ3) is 3.91. The molecule has 82 valence electrons. The molecule has 1 amide bonds. The Morgan fingerprint density at radius 1 is 1.29 bits per heavy atom. The lowest BCUT2D eigenvalue weighted by atomic mass is 10.00. The van der Waals surface area contributed by atoms with E-state index in [1.54, 1.807) is 0 Å². The number of thioether (sulfide) groups is 1. The zero-order chi connectivity index (χ0) is 10.8. The molecular formula is C11H21NOS. The second kappa shape index (κ2) is 4.56. The number of carbonyl (C=O) groups excluding carboxylic acids is 1. The van der Waals surface area contributed by atoms with Crippen molar-refractivity contribution >= 4 is 17.0 Å². The van der Waals surface area contributed by atoms with E-state index in [0.29, 0.717) is 0 Å². The number of likely N-dealkylation sites (tertiary alicyclic amines) is 1. The summed E-state index contributed by atoms with van der Waals surface area (Å²) < 4.78 is 0.0418. The summed E-state index contributed by atoms with van der Waals surface area (Å²) in [7, 11) is 0. The molecule has 14 heavy (non-hydrogen) atoms. The van der Waals surface area contributed by atoms with Crippen molar-refractivity contribution in [1.82, 2.24) is 4.90 Å². The molecule has 0 atom stereocenters. The smallest absolute Gasteiger partial charge is 0.282 e. The molecule has 0 aromatic rings. The quantitative estimate of drug-likeness (QED) is 0.617. The number of hydrogen-bond donors (Lipinski definition) is 0. The van der Waals surface area contributed by atoms with Gasteiger partial charge in [0.2, 0.25) is 0 Å². The maximum atomic E-state index is 11.8. The van der Waals surface area contributed by atoms with Crippen LogP contribution < -0.4 is 0 Å². The topological polar surface area (TPSA) is 20.3 Å². The van der Waals surface area contributed by atoms with Crippen LogP contribution in [0.15, 0.2) is 0 Å². The zero-order valence-electron chi connectivity index (χ0n) is 9.67. The molecule has 0 radical (unpaired) electrons. The normalized spacial score (nSPS) is 19.9. The fourth-order valence-corrected chi connectivity index (χ4v) is 2.35. The van der Waals surface area contributed by atoms with Crippen LogP contribution in [0.4, 0.5) is 4.79 Å². The molecule has 1 rings (SSSR count). The lowest BCUT2D eigenvalue weighted by Crippen LogP contribution is -2.37. The number of nitrogens with zero attached hydrogens (tertiary/aromatic N) is 1. The average molecular weight is 215 g/mol. The number of hydrogen-bond acceptors (Lipinski definition) is 2. The standard InChI is InChI=1S/C11H21NOS/c1-9-5-7-12(8-6-9)10(13)14-11(2,3)4/h9H,5-8H2,1-4H3. The summed E-state index contributed by atoms with van der Waals surface area (Å²) in [5, 5.41) is 0.254. The third-order valence-corrected chi connectivity index (χ3v) is 3.48. The lowest BCUT2D eigenvalue weighted by molar-refractivity contribution is 0.197. The van der Waals surface area contributed by atoms with Gasteiger partial charge in [-0.3, -0.25) is 4.79 Å². The first-order valence-electron chi connectivity index (χ1n) is 5.36. The summed E-state index contributed by atoms with van der Waals surface area (Å²) in [6.45, 7) is 10.4. The van der Waals surface area contributed by atoms with Gasteiger partial charge >= 0.3 is 0 Å². The van der Waals surface area contributed by atoms with E-state index in [-0.39, 0.29) is 9.99 Å². The molecule has 0 spiro atoms. The SMILES string of the molecule is CC1CCN(C(=O)SC(C)(C)C)CC1. The molecule has 1 aliphatic heterocycles. The first-order chi connectivity index (χ1) is 6.38. The first-order valence-corrected chi connectivity index (χ1v) is 6.18. The van der Waals surface area contributed by atoms with Crippen molar-refractivity contribution < 1.29 is 4.79 Å². The van der Waals surface area contributed by atoms with Gasteiger partial charge in [0.15, 0.2) is 0 Å². The largest absolute Gasteiger partial charge is 0.334 e. The summed E-state index contributed by atoms with van der Waals surface area (Å²) >= 11 is 1.45. The summed E-state index contributed by atoms with van der Waals surface area (Å²) in [6, 6.07) is 0. The molecule has 0 aromatic heterocycles. The number of rotatable bonds is 0. The molecule has 2 nitrogen and oxygen atoms in total. The average Bonchev–Trinajstić information content (AvgIpc) is 2.02. The highest BCUT2D eigenvalue weighted by molar-refractivity contribution is 8.14. The van der Waals surface area contributed by atoms with Crippen LogP contribution in [0.25, 0.3) is 0 Å². The molecule has 1 fully saturated rings. The van der Waals surface area contributed by atoms with Gasteiger partial charge in [0.1, 0.15) is 0 Å². The van der Waals surface area contributed by atoms with Crippen LogP contribution in [0, 0.1) is 5.92 Å². The fourth-order valence-electron chi connectivity index (χ4n) is 1.52. The second-order valence-corrected chi connectivity index (χ2v) is 6.93. The van der Waals surface area contributed by atoms with Crippen LogP contribution in [0.2, 0.25) is 0 Å².